The molecular weight excluding hydrogens is 160 g/mol. The maximum Gasteiger partial charge on any atom is 0.106 e. The van der Waals surface area contributed by atoms with Gasteiger partial charge >= 0.3 is 0 Å². The Morgan fingerprint density at radius 1 is 1.15 bits per heavy atom. The van der Waals surface area contributed by atoms with Gasteiger partial charge in [0.2, 0.25) is 0 Å². The third kappa shape index (κ3) is 1.12. The first kappa shape index (κ1) is 8.54. The summed E-state index contributed by atoms with van der Waals surface area (Å²) in [6.07, 6.45) is 2.34. The van der Waals surface area contributed by atoms with E-state index in [0.29, 0.717) is 0 Å². The lowest BCUT2D eigenvalue weighted by molar-refractivity contribution is 0.762. The number of hydrogen-bond acceptors (Lipinski definition) is 1. The van der Waals surface area contributed by atoms with Crippen molar-refractivity contribution in [3.05, 3.63) is 22.8 Å². The minimum Gasteiger partial charge on any atom is -0.335 e. The predicted octanol–water partition coefficient (Wildman–Crippen LogP) is 2.47. The Morgan fingerprint density at radius 2 is 1.85 bits per heavy atom. The van der Waals surface area contributed by atoms with Gasteiger partial charge in [0.25, 0.3) is 0 Å². The zero-order chi connectivity index (χ0) is 9.59. The van der Waals surface area contributed by atoms with Gasteiger partial charge in [0.1, 0.15) is 5.82 Å². The number of imidazole rings is 1. The van der Waals surface area contributed by atoms with Gasteiger partial charge < -0.3 is 4.57 Å². The summed E-state index contributed by atoms with van der Waals surface area (Å²) in [6, 6.07) is 0. The highest BCUT2D eigenvalue weighted by atomic mass is 15.1. The molecule has 0 N–H and O–H groups in total. The van der Waals surface area contributed by atoms with Gasteiger partial charge in [0.15, 0.2) is 0 Å². The number of rotatable bonds is 0. The molecule has 0 unspecified atom stereocenters. The van der Waals surface area contributed by atoms with Crippen molar-refractivity contribution in [3.63, 3.8) is 0 Å². The summed E-state index contributed by atoms with van der Waals surface area (Å²) in [6.45, 7) is 6.46. The molecule has 1 aromatic heterocycles. The van der Waals surface area contributed by atoms with E-state index in [1.807, 2.05) is 0 Å². The van der Waals surface area contributed by atoms with Gasteiger partial charge in [0.05, 0.1) is 5.69 Å². The molecule has 2 nitrogen and oxygen atoms in total. The quantitative estimate of drug-likeness (QED) is 0.593. The molecule has 0 aromatic carbocycles. The van der Waals surface area contributed by atoms with Crippen LogP contribution >= 0.6 is 0 Å². The fourth-order valence-electron chi connectivity index (χ4n) is 1.94. The number of fused-ring (bicyclic) bond motifs is 1. The molecule has 0 saturated heterocycles. The minimum atomic E-state index is 1.12. The normalized spacial score (nSPS) is 16.3. The number of hydrogen-bond donors (Lipinski definition) is 0. The lowest BCUT2D eigenvalue weighted by Gasteiger charge is -2.15. The van der Waals surface area contributed by atoms with Crippen LogP contribution in [-0.2, 0) is 13.5 Å². The van der Waals surface area contributed by atoms with Gasteiger partial charge in [0, 0.05) is 12.7 Å². The molecule has 1 aromatic rings. The molecular formula is C11H16N2. The van der Waals surface area contributed by atoms with E-state index in [1.165, 1.54) is 29.0 Å². The third-order valence-electron chi connectivity index (χ3n) is 3.17. The molecule has 0 radical (unpaired) electrons. The van der Waals surface area contributed by atoms with Gasteiger partial charge in [-0.15, -0.1) is 0 Å². The summed E-state index contributed by atoms with van der Waals surface area (Å²) in [5.41, 5.74) is 5.50. The molecule has 0 aliphatic heterocycles. The van der Waals surface area contributed by atoms with E-state index in [4.69, 9.17) is 0 Å². The Labute approximate surface area is 79.3 Å². The summed E-state index contributed by atoms with van der Waals surface area (Å²) in [4.78, 5) is 4.59. The van der Waals surface area contributed by atoms with E-state index >= 15 is 0 Å². The van der Waals surface area contributed by atoms with E-state index in [1.54, 1.807) is 0 Å². The molecule has 0 saturated carbocycles. The maximum absolute atomic E-state index is 4.59. The molecule has 13 heavy (non-hydrogen) atoms. The Bertz CT molecular complexity index is 383. The molecule has 1 aliphatic carbocycles. The first-order valence-corrected chi connectivity index (χ1v) is 4.80. The van der Waals surface area contributed by atoms with Gasteiger partial charge in [-0.05, 0) is 39.2 Å². The Morgan fingerprint density at radius 3 is 2.54 bits per heavy atom. The van der Waals surface area contributed by atoms with Crippen molar-refractivity contribution in [3.8, 4) is 0 Å². The molecule has 2 heteroatoms. The molecule has 0 amide bonds. The largest absolute Gasteiger partial charge is 0.335 e. The molecule has 0 atom stereocenters. The Balaban J connectivity index is 2.65. The van der Waals surface area contributed by atoms with Crippen LogP contribution in [0, 0.1) is 6.92 Å². The number of nitrogens with zero attached hydrogens (tertiary/aromatic N) is 2. The van der Waals surface area contributed by atoms with Crippen molar-refractivity contribution < 1.29 is 0 Å². The van der Waals surface area contributed by atoms with Gasteiger partial charge in [-0.1, -0.05) is 5.57 Å². The van der Waals surface area contributed by atoms with E-state index in [9.17, 15) is 0 Å². The SMILES string of the molecule is CC1=C(C)c2nc(C)n(C)c2CC1. The second-order valence-electron chi connectivity index (χ2n) is 3.92. The summed E-state index contributed by atoms with van der Waals surface area (Å²) >= 11 is 0. The van der Waals surface area contributed by atoms with Crippen LogP contribution in [0.1, 0.15) is 37.5 Å². The average Bonchev–Trinajstić information content (AvgIpc) is 2.38. The van der Waals surface area contributed by atoms with E-state index in [0.717, 1.165) is 12.2 Å². The van der Waals surface area contributed by atoms with E-state index in [-0.39, 0.29) is 0 Å². The Kier molecular flexibility index (Phi) is 1.79. The molecule has 1 heterocycles. The van der Waals surface area contributed by atoms with E-state index in [2.05, 4.69) is 37.4 Å². The van der Waals surface area contributed by atoms with Crippen molar-refractivity contribution in [2.24, 2.45) is 7.05 Å². The van der Waals surface area contributed by atoms with Crippen molar-refractivity contribution in [1.82, 2.24) is 9.55 Å². The second-order valence-corrected chi connectivity index (χ2v) is 3.92. The van der Waals surface area contributed by atoms with Gasteiger partial charge in [-0.2, -0.15) is 0 Å². The van der Waals surface area contributed by atoms with Crippen LogP contribution in [0.3, 0.4) is 0 Å². The first-order chi connectivity index (χ1) is 6.11. The van der Waals surface area contributed by atoms with Crippen molar-refractivity contribution >= 4 is 5.57 Å². The highest BCUT2D eigenvalue weighted by Crippen LogP contribution is 2.29. The lowest BCUT2D eigenvalue weighted by atomic mass is 9.94. The number of allylic oxidation sites excluding steroid dienone is 2. The fourth-order valence-corrected chi connectivity index (χ4v) is 1.94. The van der Waals surface area contributed by atoms with Crippen LogP contribution in [-0.4, -0.2) is 9.55 Å². The van der Waals surface area contributed by atoms with Crippen LogP contribution in [0.4, 0.5) is 0 Å². The summed E-state index contributed by atoms with van der Waals surface area (Å²) < 4.78 is 2.21. The van der Waals surface area contributed by atoms with Crippen molar-refractivity contribution in [1.29, 1.82) is 0 Å². The Hall–Kier alpha value is -1.05. The molecule has 0 fully saturated rings. The lowest BCUT2D eigenvalue weighted by Crippen LogP contribution is -2.05. The van der Waals surface area contributed by atoms with Gasteiger partial charge in [-0.3, -0.25) is 0 Å². The van der Waals surface area contributed by atoms with Crippen LogP contribution < -0.4 is 0 Å². The zero-order valence-corrected chi connectivity index (χ0v) is 8.81. The molecule has 2 rings (SSSR count). The zero-order valence-electron chi connectivity index (χ0n) is 8.81. The smallest absolute Gasteiger partial charge is 0.106 e. The van der Waals surface area contributed by atoms with Crippen LogP contribution in [0.25, 0.3) is 5.57 Å². The molecule has 0 bridgehead atoms. The standard InChI is InChI=1S/C11H16N2/c1-7-5-6-10-11(8(7)2)12-9(3)13(10)4/h5-6H2,1-4H3. The van der Waals surface area contributed by atoms with Crippen LogP contribution in [0.2, 0.25) is 0 Å². The predicted molar refractivity (Wildman–Crippen MR) is 54.5 cm³/mol. The molecule has 0 spiro atoms. The van der Waals surface area contributed by atoms with Crippen LogP contribution in [0.5, 0.6) is 0 Å². The van der Waals surface area contributed by atoms with E-state index < -0.39 is 0 Å². The summed E-state index contributed by atoms with van der Waals surface area (Å²) in [5.74, 6) is 1.12. The number of aromatic nitrogens is 2. The first-order valence-electron chi connectivity index (χ1n) is 4.80. The van der Waals surface area contributed by atoms with Crippen molar-refractivity contribution in [2.45, 2.75) is 33.6 Å². The minimum absolute atomic E-state index is 1.12. The van der Waals surface area contributed by atoms with Crippen molar-refractivity contribution in [2.75, 3.05) is 0 Å². The van der Waals surface area contributed by atoms with Crippen LogP contribution in [0.15, 0.2) is 5.57 Å². The highest BCUT2D eigenvalue weighted by molar-refractivity contribution is 5.67. The fraction of sp³-hybridized carbons (Fsp3) is 0.545. The third-order valence-corrected chi connectivity index (χ3v) is 3.17. The van der Waals surface area contributed by atoms with Gasteiger partial charge in [-0.25, -0.2) is 4.98 Å². The monoisotopic (exact) mass is 176 g/mol. The summed E-state index contributed by atoms with van der Waals surface area (Å²) in [5, 5.41) is 0. The second kappa shape index (κ2) is 2.72. The topological polar surface area (TPSA) is 17.8 Å². The molecule has 70 valence electrons. The molecule has 1 aliphatic rings. The maximum atomic E-state index is 4.59. The average molecular weight is 176 g/mol. The summed E-state index contributed by atoms with van der Waals surface area (Å²) in [7, 11) is 2.11. The number of aryl methyl sites for hydroxylation is 1. The highest BCUT2D eigenvalue weighted by Gasteiger charge is 2.18.